The molecule has 0 spiro atoms. The lowest BCUT2D eigenvalue weighted by Crippen LogP contribution is -2.60. The molecule has 4 nitrogen and oxygen atoms in total. The number of rotatable bonds is 6. The molecule has 15 rings (SSSR count). The number of benzene rings is 9. The molecule has 0 unspecified atom stereocenters. The van der Waals surface area contributed by atoms with Gasteiger partial charge in [0.2, 0.25) is 0 Å². The molecule has 0 saturated carbocycles. The number of anilines is 6. The van der Waals surface area contributed by atoms with Crippen molar-refractivity contribution < 1.29 is 8.83 Å². The lowest BCUT2D eigenvalue weighted by atomic mass is 9.37. The van der Waals surface area contributed by atoms with Gasteiger partial charge in [-0.15, -0.1) is 22.7 Å². The van der Waals surface area contributed by atoms with Gasteiger partial charge in [0.05, 0.1) is 22.7 Å². The second-order valence-electron chi connectivity index (χ2n) is 23.4. The Morgan fingerprint density at radius 3 is 1.24 bits per heavy atom. The maximum absolute atomic E-state index is 7.55. The average Bonchev–Trinajstić information content (AvgIpc) is 4.31. The Kier molecular flexibility index (Phi) is 10.4. The van der Waals surface area contributed by atoms with Crippen LogP contribution in [-0.2, 0) is 10.8 Å². The highest BCUT2D eigenvalue weighted by Crippen LogP contribution is 2.54. The zero-order valence-corrected chi connectivity index (χ0v) is 46.4. The number of thiophene rings is 2. The predicted molar refractivity (Wildman–Crippen MR) is 335 cm³/mol. The third-order valence-corrected chi connectivity index (χ3v) is 18.3. The minimum atomic E-state index is -0.391. The number of hydrogen-bond acceptors (Lipinski definition) is 6. The molecule has 13 aromatic rings. The summed E-state index contributed by atoms with van der Waals surface area (Å²) in [6.45, 7) is 15.7. The van der Waals surface area contributed by atoms with E-state index in [9.17, 15) is 0 Å². The van der Waals surface area contributed by atoms with Crippen LogP contribution in [0.1, 0.15) is 58.2 Å². The molecule has 376 valence electrons. The van der Waals surface area contributed by atoms with Crippen molar-refractivity contribution in [2.75, 3.05) is 9.80 Å². The largest absolute Gasteiger partial charge is 0.468 e. The van der Waals surface area contributed by atoms with Gasteiger partial charge in [0, 0.05) is 64.6 Å². The lowest BCUT2D eigenvalue weighted by molar-refractivity contribution is 0.590. The maximum atomic E-state index is 7.55. The molecule has 0 saturated heterocycles. The smallest absolute Gasteiger partial charge is 0.342 e. The van der Waals surface area contributed by atoms with E-state index in [0.29, 0.717) is 0 Å². The molecule has 0 bridgehead atoms. The van der Waals surface area contributed by atoms with Gasteiger partial charge < -0.3 is 18.6 Å². The molecular weight excluding hydrogens is 988 g/mol. The Balaban J connectivity index is 1.09. The SMILES string of the molecule is Cc1cc2c3c(c1)N(c1cc(-c4csc5ccccc45)ccc1-c1ccccc1)c1c(oc4ccc(C(C)(C)C)cc14)B3c1oc3ccc(C(C)(C)C)cc3c1N2c1cc(-c2csc3ccccc23)ccc1-c1ccccc1. The highest BCUT2D eigenvalue weighted by Gasteiger charge is 2.50. The number of nitrogens with zero attached hydrogens (tertiary/aromatic N) is 2. The first-order valence-corrected chi connectivity index (χ1v) is 28.8. The normalized spacial score (nSPS) is 13.2. The van der Waals surface area contributed by atoms with Crippen molar-refractivity contribution in [1.82, 2.24) is 0 Å². The Hall–Kier alpha value is -8.36. The van der Waals surface area contributed by atoms with Crippen molar-refractivity contribution in [3.63, 3.8) is 0 Å². The average molecular weight is 1040 g/mol. The summed E-state index contributed by atoms with van der Waals surface area (Å²) in [7, 11) is 0. The summed E-state index contributed by atoms with van der Waals surface area (Å²) in [5.41, 5.74) is 23.8. The summed E-state index contributed by atoms with van der Waals surface area (Å²) < 4.78 is 17.6. The summed E-state index contributed by atoms with van der Waals surface area (Å²) in [6.07, 6.45) is 0. The summed E-state index contributed by atoms with van der Waals surface area (Å²) >= 11 is 3.60. The molecule has 0 N–H and O–H groups in total. The standard InChI is InChI=1S/C71H55BN2O2S2/c1-42-34-59-65-60(35-42)74(58-37-46(27-31-50(58)44-20-12-9-13-21-44)56-41-78-64-25-17-15-23-52(56)64)67-54-39-48(71(5,6)7)29-33-62(54)76-69(67)72(65)68-66(53-38-47(70(2,3)4)28-32-61(53)75-68)73(59)57-36-45(26-30-49(57)43-18-10-8-11-19-43)55-40-77-63-24-16-14-22-51(55)63/h8-41H,1-7H3. The van der Waals surface area contributed by atoms with Crippen LogP contribution in [-0.4, -0.2) is 6.71 Å². The van der Waals surface area contributed by atoms with Gasteiger partial charge in [0.1, 0.15) is 22.5 Å². The third-order valence-electron chi connectivity index (χ3n) is 16.4. The van der Waals surface area contributed by atoms with Crippen molar-refractivity contribution in [3.8, 4) is 44.5 Å². The minimum Gasteiger partial charge on any atom is -0.468 e. The van der Waals surface area contributed by atoms with E-state index in [1.54, 1.807) is 22.7 Å². The monoisotopic (exact) mass is 1040 g/mol. The molecular formula is C71H55BN2O2S2. The Bertz CT molecular complexity index is 4280. The number of hydrogen-bond donors (Lipinski definition) is 0. The highest BCUT2D eigenvalue weighted by atomic mass is 32.1. The van der Waals surface area contributed by atoms with Crippen molar-refractivity contribution in [3.05, 3.63) is 222 Å². The van der Waals surface area contributed by atoms with E-state index in [-0.39, 0.29) is 10.8 Å². The van der Waals surface area contributed by atoms with Crippen LogP contribution in [0.3, 0.4) is 0 Å². The van der Waals surface area contributed by atoms with Gasteiger partial charge in [-0.3, -0.25) is 0 Å². The van der Waals surface area contributed by atoms with Gasteiger partial charge >= 0.3 is 6.71 Å². The van der Waals surface area contributed by atoms with Crippen LogP contribution in [0.15, 0.2) is 214 Å². The first-order chi connectivity index (χ1) is 37.9. The zero-order valence-electron chi connectivity index (χ0n) is 44.7. The van der Waals surface area contributed by atoms with E-state index < -0.39 is 6.71 Å². The van der Waals surface area contributed by atoms with Crippen molar-refractivity contribution in [1.29, 1.82) is 0 Å². The van der Waals surface area contributed by atoms with Crippen LogP contribution in [0, 0.1) is 6.92 Å². The molecule has 2 aliphatic heterocycles. The molecule has 4 aromatic heterocycles. The van der Waals surface area contributed by atoms with Gasteiger partial charge in [0.25, 0.3) is 0 Å². The van der Waals surface area contributed by atoms with Gasteiger partial charge in [-0.2, -0.15) is 0 Å². The van der Waals surface area contributed by atoms with Crippen molar-refractivity contribution in [2.24, 2.45) is 0 Å². The maximum Gasteiger partial charge on any atom is 0.342 e. The van der Waals surface area contributed by atoms with Crippen LogP contribution >= 0.6 is 22.7 Å². The molecule has 9 aromatic carbocycles. The Morgan fingerprint density at radius 2 is 0.808 bits per heavy atom. The van der Waals surface area contributed by atoms with Crippen LogP contribution in [0.25, 0.3) is 86.6 Å². The fourth-order valence-electron chi connectivity index (χ4n) is 12.4. The fraction of sp³-hybridized carbons (Fsp3) is 0.127. The second kappa shape index (κ2) is 17.3. The first-order valence-electron chi connectivity index (χ1n) is 27.1. The topological polar surface area (TPSA) is 32.8 Å². The molecule has 7 heteroatoms. The molecule has 0 amide bonds. The summed E-state index contributed by atoms with van der Waals surface area (Å²) in [5, 5.41) is 9.31. The lowest BCUT2D eigenvalue weighted by Gasteiger charge is -2.42. The Labute approximate surface area is 463 Å². The molecule has 6 heterocycles. The quantitative estimate of drug-likeness (QED) is 0.155. The molecule has 2 aliphatic rings. The summed E-state index contributed by atoms with van der Waals surface area (Å²) in [6, 6.07) is 72.0. The van der Waals surface area contributed by atoms with Crippen LogP contribution in [0.5, 0.6) is 0 Å². The number of furan rings is 2. The molecule has 0 aliphatic carbocycles. The van der Waals surface area contributed by atoms with E-state index >= 15 is 0 Å². The van der Waals surface area contributed by atoms with Gasteiger partial charge in [-0.1, -0.05) is 175 Å². The van der Waals surface area contributed by atoms with E-state index in [2.05, 4.69) is 263 Å². The van der Waals surface area contributed by atoms with Crippen LogP contribution < -0.4 is 26.6 Å². The highest BCUT2D eigenvalue weighted by molar-refractivity contribution is 7.18. The molecule has 78 heavy (non-hydrogen) atoms. The predicted octanol–water partition coefficient (Wildman–Crippen LogP) is 19.3. The molecule has 0 atom stereocenters. The van der Waals surface area contributed by atoms with Crippen molar-refractivity contribution in [2.45, 2.75) is 59.3 Å². The van der Waals surface area contributed by atoms with Crippen molar-refractivity contribution >= 4 is 122 Å². The summed E-state index contributed by atoms with van der Waals surface area (Å²) in [4.78, 5) is 5.12. The third kappa shape index (κ3) is 7.24. The van der Waals surface area contributed by atoms with E-state index in [1.165, 1.54) is 42.4 Å². The zero-order chi connectivity index (χ0) is 52.8. The van der Waals surface area contributed by atoms with Gasteiger partial charge in [0.15, 0.2) is 0 Å². The van der Waals surface area contributed by atoms with E-state index in [4.69, 9.17) is 8.83 Å². The van der Waals surface area contributed by atoms with E-state index in [1.807, 2.05) is 0 Å². The second-order valence-corrected chi connectivity index (χ2v) is 25.2. The fourth-order valence-corrected chi connectivity index (χ4v) is 14.4. The number of fused-ring (bicyclic) bond motifs is 10. The van der Waals surface area contributed by atoms with Gasteiger partial charge in [-0.05, 0) is 134 Å². The first kappa shape index (κ1) is 46.9. The van der Waals surface area contributed by atoms with Crippen LogP contribution in [0.4, 0.5) is 34.1 Å². The summed E-state index contributed by atoms with van der Waals surface area (Å²) in [5.74, 6) is 0. The van der Waals surface area contributed by atoms with Gasteiger partial charge in [-0.25, -0.2) is 0 Å². The number of aryl methyl sites for hydroxylation is 1. The van der Waals surface area contributed by atoms with Crippen LogP contribution in [0.2, 0.25) is 0 Å². The Morgan fingerprint density at radius 1 is 0.385 bits per heavy atom. The van der Waals surface area contributed by atoms with E-state index in [0.717, 1.165) is 112 Å². The molecule has 0 radical (unpaired) electrons. The molecule has 0 fully saturated rings. The minimum absolute atomic E-state index is 0.114.